The number of carbonyl (C=O) groups excluding carboxylic acids is 2. The van der Waals surface area contributed by atoms with Crippen LogP contribution < -0.4 is 5.73 Å². The van der Waals surface area contributed by atoms with Crippen molar-refractivity contribution in [3.63, 3.8) is 0 Å². The second kappa shape index (κ2) is 4.02. The van der Waals surface area contributed by atoms with Gasteiger partial charge in [-0.05, 0) is 28.1 Å². The second-order valence-corrected chi connectivity index (χ2v) is 4.10. The van der Waals surface area contributed by atoms with Crippen molar-refractivity contribution in [2.75, 3.05) is 0 Å². The Morgan fingerprint density at radius 2 is 2.00 bits per heavy atom. The SMILES string of the molecule is NC(=O)c1cc(Br)cc(Br)c1C=O. The fraction of sp³-hybridized carbons (Fsp3) is 0. The molecule has 0 aliphatic carbocycles. The molecule has 0 aromatic heterocycles. The van der Waals surface area contributed by atoms with Crippen LogP contribution in [0.5, 0.6) is 0 Å². The Balaban J connectivity index is 3.46. The summed E-state index contributed by atoms with van der Waals surface area (Å²) in [4.78, 5) is 21.5. The molecule has 1 amide bonds. The Bertz CT molecular complexity index is 377. The van der Waals surface area contributed by atoms with E-state index in [9.17, 15) is 9.59 Å². The zero-order valence-corrected chi connectivity index (χ0v) is 9.55. The molecule has 13 heavy (non-hydrogen) atoms. The topological polar surface area (TPSA) is 60.2 Å². The van der Waals surface area contributed by atoms with E-state index in [1.807, 2.05) is 0 Å². The van der Waals surface area contributed by atoms with Crippen LogP contribution in [0.4, 0.5) is 0 Å². The summed E-state index contributed by atoms with van der Waals surface area (Å²) >= 11 is 6.35. The largest absolute Gasteiger partial charge is 0.366 e. The molecule has 0 bridgehead atoms. The molecule has 0 unspecified atom stereocenters. The molecule has 0 saturated carbocycles. The predicted octanol–water partition coefficient (Wildman–Crippen LogP) is 2.12. The molecule has 1 aromatic carbocycles. The molecule has 2 N–H and O–H groups in total. The molecule has 0 radical (unpaired) electrons. The Morgan fingerprint density at radius 3 is 2.46 bits per heavy atom. The first-order valence-corrected chi connectivity index (χ1v) is 4.89. The molecule has 0 spiro atoms. The maximum absolute atomic E-state index is 10.9. The number of carbonyl (C=O) groups is 2. The van der Waals surface area contributed by atoms with Gasteiger partial charge in [-0.25, -0.2) is 0 Å². The molecular formula is C8H5Br2NO2. The molecule has 5 heteroatoms. The minimum atomic E-state index is -0.621. The summed E-state index contributed by atoms with van der Waals surface area (Å²) in [6.07, 6.45) is 0.594. The van der Waals surface area contributed by atoms with Gasteiger partial charge in [0.05, 0.1) is 5.56 Å². The van der Waals surface area contributed by atoms with E-state index in [4.69, 9.17) is 5.73 Å². The molecule has 0 saturated heterocycles. The van der Waals surface area contributed by atoms with Crippen molar-refractivity contribution in [2.24, 2.45) is 5.73 Å². The number of primary amides is 1. The van der Waals surface area contributed by atoms with Crippen molar-refractivity contribution in [3.05, 3.63) is 32.2 Å². The molecule has 68 valence electrons. The van der Waals surface area contributed by atoms with Crippen molar-refractivity contribution in [1.82, 2.24) is 0 Å². The lowest BCUT2D eigenvalue weighted by Crippen LogP contribution is -2.14. The Labute approximate surface area is 91.6 Å². The van der Waals surface area contributed by atoms with Crippen LogP contribution in [0.15, 0.2) is 21.1 Å². The maximum Gasteiger partial charge on any atom is 0.249 e. The zero-order valence-electron chi connectivity index (χ0n) is 6.38. The minimum Gasteiger partial charge on any atom is -0.366 e. The highest BCUT2D eigenvalue weighted by molar-refractivity contribution is 9.11. The Hall–Kier alpha value is -0.680. The van der Waals surface area contributed by atoms with Crippen LogP contribution in [0.3, 0.4) is 0 Å². The fourth-order valence-corrected chi connectivity index (χ4v) is 2.23. The summed E-state index contributed by atoms with van der Waals surface area (Å²) in [6.45, 7) is 0. The van der Waals surface area contributed by atoms with Crippen molar-refractivity contribution < 1.29 is 9.59 Å². The summed E-state index contributed by atoms with van der Waals surface area (Å²) in [7, 11) is 0. The van der Waals surface area contributed by atoms with Crippen LogP contribution in [-0.2, 0) is 0 Å². The van der Waals surface area contributed by atoms with Gasteiger partial charge in [0.2, 0.25) is 5.91 Å². The van der Waals surface area contributed by atoms with Crippen LogP contribution >= 0.6 is 31.9 Å². The van der Waals surface area contributed by atoms with Gasteiger partial charge in [0.25, 0.3) is 0 Å². The number of aldehydes is 1. The lowest BCUT2D eigenvalue weighted by atomic mass is 10.1. The monoisotopic (exact) mass is 305 g/mol. The summed E-state index contributed by atoms with van der Waals surface area (Å²) < 4.78 is 1.24. The molecule has 0 aliphatic rings. The number of amides is 1. The third-order valence-electron chi connectivity index (χ3n) is 1.48. The van der Waals surface area contributed by atoms with Crippen LogP contribution in [0.1, 0.15) is 20.7 Å². The first kappa shape index (κ1) is 10.4. The van der Waals surface area contributed by atoms with E-state index in [0.717, 1.165) is 0 Å². The first-order valence-electron chi connectivity index (χ1n) is 3.30. The van der Waals surface area contributed by atoms with Gasteiger partial charge in [-0.2, -0.15) is 0 Å². The average molecular weight is 307 g/mol. The van der Waals surface area contributed by atoms with Crippen molar-refractivity contribution in [1.29, 1.82) is 0 Å². The highest BCUT2D eigenvalue weighted by Gasteiger charge is 2.11. The molecule has 1 rings (SSSR count). The van der Waals surface area contributed by atoms with Gasteiger partial charge < -0.3 is 5.73 Å². The number of nitrogens with two attached hydrogens (primary N) is 1. The second-order valence-electron chi connectivity index (χ2n) is 2.33. The van der Waals surface area contributed by atoms with Gasteiger partial charge in [0.1, 0.15) is 0 Å². The minimum absolute atomic E-state index is 0.205. The average Bonchev–Trinajstić information content (AvgIpc) is 2.02. The first-order chi connectivity index (χ1) is 6.06. The van der Waals surface area contributed by atoms with Crippen LogP contribution in [0, 0.1) is 0 Å². The third kappa shape index (κ3) is 2.16. The molecule has 3 nitrogen and oxygen atoms in total. The van der Waals surface area contributed by atoms with E-state index in [2.05, 4.69) is 31.9 Å². The molecule has 0 fully saturated rings. The van der Waals surface area contributed by atoms with Crippen LogP contribution in [-0.4, -0.2) is 12.2 Å². The summed E-state index contributed by atoms with van der Waals surface area (Å²) in [5.74, 6) is -0.621. The van der Waals surface area contributed by atoms with Gasteiger partial charge in [-0.3, -0.25) is 9.59 Å². The Kier molecular flexibility index (Phi) is 3.22. The number of rotatable bonds is 2. The van der Waals surface area contributed by atoms with E-state index in [-0.39, 0.29) is 11.1 Å². The van der Waals surface area contributed by atoms with Gasteiger partial charge in [-0.15, -0.1) is 0 Å². The quantitative estimate of drug-likeness (QED) is 0.851. The number of halogens is 2. The fourth-order valence-electron chi connectivity index (χ4n) is 0.908. The molecule has 1 aromatic rings. The number of hydrogen-bond acceptors (Lipinski definition) is 2. The summed E-state index contributed by atoms with van der Waals surface area (Å²) in [6, 6.07) is 3.19. The van der Waals surface area contributed by atoms with E-state index in [0.29, 0.717) is 15.2 Å². The van der Waals surface area contributed by atoms with E-state index in [1.54, 1.807) is 6.07 Å². The summed E-state index contributed by atoms with van der Waals surface area (Å²) in [5.41, 5.74) is 5.57. The van der Waals surface area contributed by atoms with Crippen LogP contribution in [0.2, 0.25) is 0 Å². The number of hydrogen-bond donors (Lipinski definition) is 1. The van der Waals surface area contributed by atoms with Crippen molar-refractivity contribution in [2.45, 2.75) is 0 Å². The van der Waals surface area contributed by atoms with Gasteiger partial charge in [0, 0.05) is 14.5 Å². The highest BCUT2D eigenvalue weighted by Crippen LogP contribution is 2.24. The zero-order chi connectivity index (χ0) is 10.0. The standard InChI is InChI=1S/C8H5Br2NO2/c9-4-1-5(8(11)13)6(3-12)7(10)2-4/h1-3H,(H2,11,13). The summed E-state index contributed by atoms with van der Waals surface area (Å²) in [5, 5.41) is 0. The lowest BCUT2D eigenvalue weighted by molar-refractivity contribution is 0.0993. The van der Waals surface area contributed by atoms with E-state index < -0.39 is 5.91 Å². The van der Waals surface area contributed by atoms with Crippen LogP contribution in [0.25, 0.3) is 0 Å². The molecular weight excluding hydrogens is 302 g/mol. The van der Waals surface area contributed by atoms with Crippen molar-refractivity contribution >= 4 is 44.1 Å². The normalized spacial score (nSPS) is 9.69. The van der Waals surface area contributed by atoms with Gasteiger partial charge in [-0.1, -0.05) is 15.9 Å². The van der Waals surface area contributed by atoms with Crippen molar-refractivity contribution in [3.8, 4) is 0 Å². The lowest BCUT2D eigenvalue weighted by Gasteiger charge is -2.03. The smallest absolute Gasteiger partial charge is 0.249 e. The van der Waals surface area contributed by atoms with Gasteiger partial charge >= 0.3 is 0 Å². The molecule has 0 heterocycles. The van der Waals surface area contributed by atoms with E-state index >= 15 is 0 Å². The molecule has 0 atom stereocenters. The Morgan fingerprint density at radius 1 is 1.38 bits per heavy atom. The third-order valence-corrected chi connectivity index (χ3v) is 2.59. The van der Waals surface area contributed by atoms with Gasteiger partial charge in [0.15, 0.2) is 6.29 Å². The maximum atomic E-state index is 10.9. The molecule has 0 aliphatic heterocycles. The van der Waals surface area contributed by atoms with E-state index in [1.165, 1.54) is 6.07 Å². The highest BCUT2D eigenvalue weighted by atomic mass is 79.9. The predicted molar refractivity (Wildman–Crippen MR) is 55.7 cm³/mol. The number of benzene rings is 1.